The SMILES string of the molecule is CCc1cc(Cn2nc(C(=O)O)ccc2=O)n(C)n1. The molecule has 0 aliphatic carbocycles. The van der Waals surface area contributed by atoms with Crippen molar-refractivity contribution in [2.75, 3.05) is 0 Å². The van der Waals surface area contributed by atoms with Crippen LogP contribution in [-0.4, -0.2) is 30.6 Å². The van der Waals surface area contributed by atoms with Crippen LogP contribution in [0.15, 0.2) is 23.0 Å². The molecule has 0 aromatic carbocycles. The first-order valence-corrected chi connectivity index (χ1v) is 5.84. The molecule has 0 aliphatic rings. The average Bonchev–Trinajstić information content (AvgIpc) is 2.72. The van der Waals surface area contributed by atoms with E-state index >= 15 is 0 Å². The van der Waals surface area contributed by atoms with Crippen molar-refractivity contribution in [3.63, 3.8) is 0 Å². The number of aromatic carboxylic acids is 1. The van der Waals surface area contributed by atoms with Crippen molar-refractivity contribution in [3.8, 4) is 0 Å². The first-order valence-electron chi connectivity index (χ1n) is 5.84. The van der Waals surface area contributed by atoms with Crippen LogP contribution in [0.25, 0.3) is 0 Å². The highest BCUT2D eigenvalue weighted by Gasteiger charge is 2.10. The van der Waals surface area contributed by atoms with Crippen LogP contribution >= 0.6 is 0 Å². The number of hydrogen-bond acceptors (Lipinski definition) is 4. The van der Waals surface area contributed by atoms with Crippen molar-refractivity contribution in [2.24, 2.45) is 7.05 Å². The fourth-order valence-corrected chi connectivity index (χ4v) is 1.72. The molecule has 0 bridgehead atoms. The zero-order valence-corrected chi connectivity index (χ0v) is 10.7. The maximum Gasteiger partial charge on any atom is 0.356 e. The van der Waals surface area contributed by atoms with Crippen molar-refractivity contribution in [3.05, 3.63) is 45.6 Å². The summed E-state index contributed by atoms with van der Waals surface area (Å²) in [5.41, 5.74) is 1.22. The molecule has 0 amide bonds. The van der Waals surface area contributed by atoms with Gasteiger partial charge >= 0.3 is 5.97 Å². The van der Waals surface area contributed by atoms with Gasteiger partial charge in [-0.25, -0.2) is 9.48 Å². The van der Waals surface area contributed by atoms with Gasteiger partial charge < -0.3 is 5.11 Å². The van der Waals surface area contributed by atoms with Crippen LogP contribution in [0.3, 0.4) is 0 Å². The lowest BCUT2D eigenvalue weighted by Crippen LogP contribution is -2.25. The third kappa shape index (κ3) is 2.70. The lowest BCUT2D eigenvalue weighted by atomic mass is 10.3. The molecule has 0 aliphatic heterocycles. The van der Waals surface area contributed by atoms with Crippen LogP contribution in [0, 0.1) is 0 Å². The smallest absolute Gasteiger partial charge is 0.356 e. The number of rotatable bonds is 4. The molecule has 2 heterocycles. The Labute approximate surface area is 109 Å². The minimum absolute atomic E-state index is 0.155. The van der Waals surface area contributed by atoms with Gasteiger partial charge in [-0.3, -0.25) is 9.48 Å². The quantitative estimate of drug-likeness (QED) is 0.855. The van der Waals surface area contributed by atoms with E-state index in [0.717, 1.165) is 22.5 Å². The van der Waals surface area contributed by atoms with Gasteiger partial charge in [0.05, 0.1) is 17.9 Å². The lowest BCUT2D eigenvalue weighted by molar-refractivity contribution is 0.0687. The van der Waals surface area contributed by atoms with E-state index in [1.807, 2.05) is 13.0 Å². The molecular weight excluding hydrogens is 248 g/mol. The van der Waals surface area contributed by atoms with E-state index in [1.54, 1.807) is 11.7 Å². The first-order chi connectivity index (χ1) is 9.01. The largest absolute Gasteiger partial charge is 0.476 e. The van der Waals surface area contributed by atoms with Gasteiger partial charge in [-0.05, 0) is 18.6 Å². The Balaban J connectivity index is 2.37. The van der Waals surface area contributed by atoms with E-state index in [2.05, 4.69) is 10.2 Å². The second-order valence-corrected chi connectivity index (χ2v) is 4.12. The van der Waals surface area contributed by atoms with Crippen LogP contribution in [0.2, 0.25) is 0 Å². The first kappa shape index (κ1) is 13.0. The van der Waals surface area contributed by atoms with E-state index in [1.165, 1.54) is 12.1 Å². The summed E-state index contributed by atoms with van der Waals surface area (Å²) in [7, 11) is 1.78. The number of aryl methyl sites for hydroxylation is 2. The van der Waals surface area contributed by atoms with E-state index in [4.69, 9.17) is 5.11 Å². The van der Waals surface area contributed by atoms with Gasteiger partial charge in [0.15, 0.2) is 5.69 Å². The maximum absolute atomic E-state index is 11.7. The van der Waals surface area contributed by atoms with Gasteiger partial charge in [0.2, 0.25) is 0 Å². The molecule has 2 aromatic rings. The Morgan fingerprint density at radius 3 is 2.68 bits per heavy atom. The molecule has 2 rings (SSSR count). The Morgan fingerprint density at radius 2 is 2.11 bits per heavy atom. The fraction of sp³-hybridized carbons (Fsp3) is 0.333. The standard InChI is InChI=1S/C12H14N4O3/c1-3-8-6-9(15(2)13-8)7-16-11(17)5-4-10(14-16)12(18)19/h4-6H,3,7H2,1-2H3,(H,18,19). The zero-order valence-electron chi connectivity index (χ0n) is 10.7. The number of carboxylic acids is 1. The van der Waals surface area contributed by atoms with Crippen molar-refractivity contribution < 1.29 is 9.90 Å². The van der Waals surface area contributed by atoms with E-state index < -0.39 is 5.97 Å². The molecule has 0 fully saturated rings. The van der Waals surface area contributed by atoms with Crippen molar-refractivity contribution in [1.82, 2.24) is 19.6 Å². The minimum Gasteiger partial charge on any atom is -0.476 e. The molecule has 0 radical (unpaired) electrons. The highest BCUT2D eigenvalue weighted by molar-refractivity contribution is 5.84. The predicted molar refractivity (Wildman–Crippen MR) is 67.1 cm³/mol. The summed E-state index contributed by atoms with van der Waals surface area (Å²) < 4.78 is 2.79. The van der Waals surface area contributed by atoms with Crippen LogP contribution < -0.4 is 5.56 Å². The molecule has 0 saturated carbocycles. The second kappa shape index (κ2) is 5.05. The number of carbonyl (C=O) groups is 1. The summed E-state index contributed by atoms with van der Waals surface area (Å²) in [5.74, 6) is -1.16. The number of nitrogens with zero attached hydrogens (tertiary/aromatic N) is 4. The van der Waals surface area contributed by atoms with Crippen LogP contribution in [0.5, 0.6) is 0 Å². The monoisotopic (exact) mass is 262 g/mol. The van der Waals surface area contributed by atoms with Crippen LogP contribution in [0.4, 0.5) is 0 Å². The molecule has 2 aromatic heterocycles. The molecule has 7 heteroatoms. The highest BCUT2D eigenvalue weighted by Crippen LogP contribution is 2.04. The summed E-state index contributed by atoms with van der Waals surface area (Å²) in [6.45, 7) is 2.19. The molecule has 7 nitrogen and oxygen atoms in total. The average molecular weight is 262 g/mol. The molecule has 0 atom stereocenters. The van der Waals surface area contributed by atoms with Gasteiger partial charge in [-0.2, -0.15) is 10.2 Å². The summed E-state index contributed by atoms with van der Waals surface area (Å²) in [5, 5.41) is 16.9. The topological polar surface area (TPSA) is 90.0 Å². The highest BCUT2D eigenvalue weighted by atomic mass is 16.4. The molecule has 100 valence electrons. The van der Waals surface area contributed by atoms with E-state index in [-0.39, 0.29) is 17.8 Å². The van der Waals surface area contributed by atoms with Gasteiger partial charge in [0, 0.05) is 13.1 Å². The summed E-state index contributed by atoms with van der Waals surface area (Å²) >= 11 is 0. The van der Waals surface area contributed by atoms with Crippen molar-refractivity contribution in [2.45, 2.75) is 19.9 Å². The van der Waals surface area contributed by atoms with E-state index in [9.17, 15) is 9.59 Å². The van der Waals surface area contributed by atoms with Gasteiger partial charge in [0.1, 0.15) is 0 Å². The molecule has 19 heavy (non-hydrogen) atoms. The fourth-order valence-electron chi connectivity index (χ4n) is 1.72. The second-order valence-electron chi connectivity index (χ2n) is 4.12. The Morgan fingerprint density at radius 1 is 1.37 bits per heavy atom. The Kier molecular flexibility index (Phi) is 3.46. The van der Waals surface area contributed by atoms with Gasteiger partial charge in [-0.1, -0.05) is 6.92 Å². The number of hydrogen-bond donors (Lipinski definition) is 1. The molecule has 0 spiro atoms. The van der Waals surface area contributed by atoms with Gasteiger partial charge in [-0.15, -0.1) is 0 Å². The molecule has 0 unspecified atom stereocenters. The minimum atomic E-state index is -1.16. The van der Waals surface area contributed by atoms with Crippen LogP contribution in [-0.2, 0) is 20.0 Å². The Bertz CT molecular complexity index is 672. The normalized spacial score (nSPS) is 10.6. The summed E-state index contributed by atoms with van der Waals surface area (Å²) in [4.78, 5) is 22.5. The van der Waals surface area contributed by atoms with E-state index in [0.29, 0.717) is 0 Å². The predicted octanol–water partition coefficient (Wildman–Crippen LogP) is 0.286. The molecule has 1 N–H and O–H groups in total. The Hall–Kier alpha value is -2.44. The molecule has 0 saturated heterocycles. The van der Waals surface area contributed by atoms with Crippen LogP contribution in [0.1, 0.15) is 28.8 Å². The van der Waals surface area contributed by atoms with Gasteiger partial charge in [0.25, 0.3) is 5.56 Å². The third-order valence-corrected chi connectivity index (χ3v) is 2.79. The third-order valence-electron chi connectivity index (χ3n) is 2.79. The van der Waals surface area contributed by atoms with Crippen molar-refractivity contribution >= 4 is 5.97 Å². The summed E-state index contributed by atoms with van der Waals surface area (Å²) in [6.07, 6.45) is 0.797. The summed E-state index contributed by atoms with van der Waals surface area (Å²) in [6, 6.07) is 4.27. The lowest BCUT2D eigenvalue weighted by Gasteiger charge is -2.05. The number of aromatic nitrogens is 4. The zero-order chi connectivity index (χ0) is 14.0. The maximum atomic E-state index is 11.7. The van der Waals surface area contributed by atoms with Crippen molar-refractivity contribution in [1.29, 1.82) is 0 Å². The number of carboxylic acid groups (broad SMARTS) is 1. The molecular formula is C12H14N4O3.